The van der Waals surface area contributed by atoms with E-state index < -0.39 is 0 Å². The molecule has 4 rings (SSSR count). The highest BCUT2D eigenvalue weighted by atomic mass is 79.9. The summed E-state index contributed by atoms with van der Waals surface area (Å²) in [5.41, 5.74) is 4.73. The van der Waals surface area contributed by atoms with Crippen molar-refractivity contribution in [2.24, 2.45) is 0 Å². The van der Waals surface area contributed by atoms with Crippen molar-refractivity contribution >= 4 is 32.4 Å². The van der Waals surface area contributed by atoms with Gasteiger partial charge in [0.1, 0.15) is 5.82 Å². The molecule has 0 unspecified atom stereocenters. The minimum atomic E-state index is -0.214. The molecule has 4 heteroatoms. The van der Waals surface area contributed by atoms with Crippen molar-refractivity contribution in [1.82, 2.24) is 9.88 Å². The Morgan fingerprint density at radius 1 is 1.09 bits per heavy atom. The second-order valence-electron chi connectivity index (χ2n) is 5.73. The van der Waals surface area contributed by atoms with Gasteiger partial charge in [-0.1, -0.05) is 22.0 Å². The van der Waals surface area contributed by atoms with Gasteiger partial charge in [-0.2, -0.15) is 0 Å². The van der Waals surface area contributed by atoms with Gasteiger partial charge in [0, 0.05) is 33.9 Å². The van der Waals surface area contributed by atoms with Crippen LogP contribution >= 0.6 is 15.9 Å². The largest absolute Gasteiger partial charge is 0.316 e. The maximum absolute atomic E-state index is 13.2. The van der Waals surface area contributed by atoms with Crippen molar-refractivity contribution in [3.63, 3.8) is 0 Å². The van der Waals surface area contributed by atoms with Crippen LogP contribution in [0.25, 0.3) is 22.2 Å². The van der Waals surface area contributed by atoms with E-state index in [1.54, 1.807) is 0 Å². The van der Waals surface area contributed by atoms with E-state index in [-0.39, 0.29) is 5.82 Å². The number of hydrogen-bond donors (Lipinski definition) is 1. The van der Waals surface area contributed by atoms with Crippen molar-refractivity contribution in [2.45, 2.75) is 6.42 Å². The van der Waals surface area contributed by atoms with Crippen LogP contribution in [0.2, 0.25) is 0 Å². The monoisotopic (exact) mass is 370 g/mol. The van der Waals surface area contributed by atoms with E-state index in [9.17, 15) is 4.39 Å². The Bertz CT molecular complexity index is 894. The third-order valence-electron chi connectivity index (χ3n) is 4.28. The summed E-state index contributed by atoms with van der Waals surface area (Å²) in [5, 5.41) is 4.57. The van der Waals surface area contributed by atoms with Crippen LogP contribution in [0.1, 0.15) is 12.0 Å². The lowest BCUT2D eigenvalue weighted by Crippen LogP contribution is -2.19. The van der Waals surface area contributed by atoms with Crippen molar-refractivity contribution < 1.29 is 4.39 Å². The normalized spacial score (nSPS) is 15.0. The lowest BCUT2D eigenvalue weighted by atomic mass is 10.00. The second-order valence-corrected chi connectivity index (χ2v) is 6.65. The summed E-state index contributed by atoms with van der Waals surface area (Å²) in [5.74, 6) is -0.214. The van der Waals surface area contributed by atoms with Crippen LogP contribution in [0, 0.1) is 5.82 Å². The first-order valence-corrected chi connectivity index (χ1v) is 8.48. The number of halogens is 2. The molecule has 0 saturated carbocycles. The third-order valence-corrected chi connectivity index (χ3v) is 4.77. The van der Waals surface area contributed by atoms with Crippen LogP contribution in [0.4, 0.5) is 4.39 Å². The number of nitrogens with zero attached hydrogens (tertiary/aromatic N) is 1. The molecule has 2 nitrogen and oxygen atoms in total. The molecule has 23 heavy (non-hydrogen) atoms. The molecule has 2 aromatic carbocycles. The summed E-state index contributed by atoms with van der Waals surface area (Å²) in [7, 11) is 0. The molecule has 2 heterocycles. The number of rotatable bonds is 2. The number of hydrogen-bond acceptors (Lipinski definition) is 1. The van der Waals surface area contributed by atoms with E-state index in [2.05, 4.69) is 50.2 Å². The summed E-state index contributed by atoms with van der Waals surface area (Å²) in [6.07, 6.45) is 5.45. The molecule has 0 amide bonds. The number of fused-ring (bicyclic) bond motifs is 1. The zero-order valence-electron chi connectivity index (χ0n) is 12.5. The summed E-state index contributed by atoms with van der Waals surface area (Å²) in [6.45, 7) is 1.91. The van der Waals surface area contributed by atoms with E-state index in [1.807, 2.05) is 18.2 Å². The average Bonchev–Trinajstić information content (AvgIpc) is 2.95. The van der Waals surface area contributed by atoms with Gasteiger partial charge in [0.15, 0.2) is 0 Å². The predicted octanol–water partition coefficient (Wildman–Crippen LogP) is 4.91. The summed E-state index contributed by atoms with van der Waals surface area (Å²) in [6, 6.07) is 13.0. The number of benzene rings is 2. The minimum Gasteiger partial charge on any atom is -0.316 e. The summed E-state index contributed by atoms with van der Waals surface area (Å²) < 4.78 is 16.4. The minimum absolute atomic E-state index is 0.214. The lowest BCUT2D eigenvalue weighted by molar-refractivity contribution is 0.627. The van der Waals surface area contributed by atoms with E-state index in [0.29, 0.717) is 0 Å². The van der Waals surface area contributed by atoms with E-state index in [1.165, 1.54) is 28.7 Å². The Morgan fingerprint density at radius 3 is 2.65 bits per heavy atom. The lowest BCUT2D eigenvalue weighted by Gasteiger charge is -2.13. The number of nitrogens with one attached hydrogen (secondary N) is 1. The predicted molar refractivity (Wildman–Crippen MR) is 96.4 cm³/mol. The SMILES string of the molecule is Fc1ccc(-n2cc(C3=CCNCC3)c3cc(Br)ccc32)cc1. The highest BCUT2D eigenvalue weighted by molar-refractivity contribution is 9.10. The first-order chi connectivity index (χ1) is 11.2. The molecule has 1 N–H and O–H groups in total. The topological polar surface area (TPSA) is 17.0 Å². The molecule has 0 aliphatic carbocycles. The first kappa shape index (κ1) is 14.7. The zero-order chi connectivity index (χ0) is 15.8. The summed E-state index contributed by atoms with van der Waals surface area (Å²) >= 11 is 3.57. The van der Waals surface area contributed by atoms with Crippen LogP contribution < -0.4 is 5.32 Å². The maximum atomic E-state index is 13.2. The molecule has 0 spiro atoms. The quantitative estimate of drug-likeness (QED) is 0.678. The van der Waals surface area contributed by atoms with Crippen molar-refractivity contribution in [1.29, 1.82) is 0 Å². The van der Waals surface area contributed by atoms with E-state index in [0.717, 1.165) is 35.2 Å². The maximum Gasteiger partial charge on any atom is 0.123 e. The molecular formula is C19H16BrFN2. The van der Waals surface area contributed by atoms with Gasteiger partial charge >= 0.3 is 0 Å². The van der Waals surface area contributed by atoms with Gasteiger partial charge in [-0.05, 0) is 61.0 Å². The van der Waals surface area contributed by atoms with Crippen LogP contribution in [-0.2, 0) is 0 Å². The molecule has 0 saturated heterocycles. The molecule has 0 bridgehead atoms. The Labute approximate surface area is 142 Å². The van der Waals surface area contributed by atoms with Crippen LogP contribution in [0.3, 0.4) is 0 Å². The fraction of sp³-hybridized carbons (Fsp3) is 0.158. The van der Waals surface area contributed by atoms with Crippen LogP contribution in [0.15, 0.2) is 59.2 Å². The molecule has 0 fully saturated rings. The fourth-order valence-electron chi connectivity index (χ4n) is 3.14. The van der Waals surface area contributed by atoms with Crippen molar-refractivity contribution in [3.8, 4) is 5.69 Å². The highest BCUT2D eigenvalue weighted by Gasteiger charge is 2.15. The van der Waals surface area contributed by atoms with E-state index in [4.69, 9.17) is 0 Å². The standard InChI is InChI=1S/C19H16BrFN2/c20-14-1-6-19-17(11-14)18(13-7-9-22-10-8-13)12-23(19)16-4-2-15(21)3-5-16/h1-7,11-12,22H,8-10H2. The Kier molecular flexibility index (Phi) is 3.79. The van der Waals surface area contributed by atoms with Crippen molar-refractivity contribution in [2.75, 3.05) is 13.1 Å². The first-order valence-electron chi connectivity index (χ1n) is 7.69. The van der Waals surface area contributed by atoms with Gasteiger partial charge in [0.05, 0.1) is 5.52 Å². The molecule has 0 radical (unpaired) electrons. The fourth-order valence-corrected chi connectivity index (χ4v) is 3.50. The van der Waals surface area contributed by atoms with Gasteiger partial charge in [0.2, 0.25) is 0 Å². The Balaban J connectivity index is 1.95. The smallest absolute Gasteiger partial charge is 0.123 e. The van der Waals surface area contributed by atoms with E-state index >= 15 is 0 Å². The van der Waals surface area contributed by atoms with Gasteiger partial charge in [-0.3, -0.25) is 0 Å². The molecule has 1 aromatic heterocycles. The van der Waals surface area contributed by atoms with Gasteiger partial charge in [-0.15, -0.1) is 0 Å². The molecule has 1 aliphatic rings. The molecule has 1 aliphatic heterocycles. The number of aromatic nitrogens is 1. The zero-order valence-corrected chi connectivity index (χ0v) is 14.1. The van der Waals surface area contributed by atoms with Crippen LogP contribution in [0.5, 0.6) is 0 Å². The summed E-state index contributed by atoms with van der Waals surface area (Å²) in [4.78, 5) is 0. The highest BCUT2D eigenvalue weighted by Crippen LogP contribution is 2.33. The average molecular weight is 371 g/mol. The molecule has 116 valence electrons. The second kappa shape index (κ2) is 5.95. The Morgan fingerprint density at radius 2 is 1.91 bits per heavy atom. The van der Waals surface area contributed by atoms with Crippen molar-refractivity contribution in [3.05, 3.63) is 70.6 Å². The van der Waals surface area contributed by atoms with Crippen LogP contribution in [-0.4, -0.2) is 17.7 Å². The molecule has 0 atom stereocenters. The Hall–Kier alpha value is -1.91. The molecule has 3 aromatic rings. The van der Waals surface area contributed by atoms with Gasteiger partial charge in [-0.25, -0.2) is 4.39 Å². The van der Waals surface area contributed by atoms with Gasteiger partial charge < -0.3 is 9.88 Å². The van der Waals surface area contributed by atoms with Gasteiger partial charge in [0.25, 0.3) is 0 Å². The molecular weight excluding hydrogens is 355 g/mol. The third kappa shape index (κ3) is 2.73.